The monoisotopic (exact) mass is 231 g/mol. The molecule has 88 valence electrons. The molecule has 2 aromatic rings. The summed E-state index contributed by atoms with van der Waals surface area (Å²) in [7, 11) is 0. The van der Waals surface area contributed by atoms with Crippen molar-refractivity contribution in [1.29, 1.82) is 0 Å². The Balaban J connectivity index is 2.60. The van der Waals surface area contributed by atoms with E-state index in [9.17, 15) is 4.79 Å². The normalized spacial score (nSPS) is 15.7. The molecule has 0 N–H and O–H groups in total. The Morgan fingerprint density at radius 1 is 1.29 bits per heavy atom. The fraction of sp³-hybridized carbons (Fsp3) is 0.267. The number of esters is 1. The predicted molar refractivity (Wildman–Crippen MR) is 69.0 cm³/mol. The zero-order valence-electron chi connectivity index (χ0n) is 12.6. The van der Waals surface area contributed by atoms with E-state index >= 15 is 0 Å². The summed E-state index contributed by atoms with van der Waals surface area (Å²) in [6, 6.07) is 12.7. The van der Waals surface area contributed by atoms with E-state index in [1.807, 2.05) is 30.3 Å². The van der Waals surface area contributed by atoms with Gasteiger partial charge < -0.3 is 4.74 Å². The van der Waals surface area contributed by atoms with Gasteiger partial charge in [0, 0.05) is 4.11 Å². The summed E-state index contributed by atoms with van der Waals surface area (Å²) in [5, 5.41) is 1.67. The molecule has 0 amide bonds. The first-order chi connectivity index (χ1) is 9.45. The summed E-state index contributed by atoms with van der Waals surface area (Å²) < 4.78 is 27.9. The lowest BCUT2D eigenvalue weighted by Crippen LogP contribution is -2.13. The largest absolute Gasteiger partial charge is 0.466 e. The fourth-order valence-corrected chi connectivity index (χ4v) is 1.85. The van der Waals surface area contributed by atoms with E-state index < -0.39 is 18.7 Å². The first-order valence-corrected chi connectivity index (χ1v) is 5.59. The Labute approximate surface area is 105 Å². The van der Waals surface area contributed by atoms with Crippen LogP contribution in [0, 0.1) is 0 Å². The summed E-state index contributed by atoms with van der Waals surface area (Å²) in [6.07, 6.45) is 0. The van der Waals surface area contributed by atoms with Crippen LogP contribution in [0.15, 0.2) is 42.5 Å². The summed E-state index contributed by atoms with van der Waals surface area (Å²) in [6.45, 7) is -0.607. The lowest BCUT2D eigenvalue weighted by atomic mass is 9.95. The van der Waals surface area contributed by atoms with Crippen molar-refractivity contribution in [1.82, 2.24) is 0 Å². The number of carbonyl (C=O) groups excluding carboxylic acids is 1. The minimum Gasteiger partial charge on any atom is -0.466 e. The number of hydrogen-bond donors (Lipinski definition) is 0. The molecule has 0 radical (unpaired) electrons. The van der Waals surface area contributed by atoms with Crippen LogP contribution in [0.2, 0.25) is 0 Å². The minimum absolute atomic E-state index is 0.163. The van der Waals surface area contributed by atoms with Crippen molar-refractivity contribution in [3.05, 3.63) is 48.0 Å². The number of carbonyl (C=O) groups is 1. The highest BCUT2D eigenvalue weighted by atomic mass is 16.5. The van der Waals surface area contributed by atoms with Gasteiger partial charge in [-0.15, -0.1) is 0 Å². The summed E-state index contributed by atoms with van der Waals surface area (Å²) >= 11 is 0. The standard InChI is InChI=1S/C15H16O2/c1-3-17-15(16)11(2)13-10-6-8-12-7-4-5-9-14(12)13/h4-11H,3H2,1-2H3/i2D3. The number of ether oxygens (including phenoxy) is 1. The van der Waals surface area contributed by atoms with Crippen LogP contribution in [0.1, 0.15) is 29.4 Å². The van der Waals surface area contributed by atoms with Crippen LogP contribution in [-0.2, 0) is 9.53 Å². The van der Waals surface area contributed by atoms with Crippen LogP contribution in [0.4, 0.5) is 0 Å². The van der Waals surface area contributed by atoms with Gasteiger partial charge in [-0.1, -0.05) is 42.5 Å². The first-order valence-electron chi connectivity index (χ1n) is 7.09. The second kappa shape index (κ2) is 5.00. The fourth-order valence-electron chi connectivity index (χ4n) is 1.85. The zero-order valence-corrected chi connectivity index (χ0v) is 9.64. The van der Waals surface area contributed by atoms with Gasteiger partial charge in [0.15, 0.2) is 0 Å². The van der Waals surface area contributed by atoms with Gasteiger partial charge >= 0.3 is 5.97 Å². The van der Waals surface area contributed by atoms with Crippen LogP contribution in [0.5, 0.6) is 0 Å². The molecule has 0 saturated carbocycles. The van der Waals surface area contributed by atoms with E-state index in [1.54, 1.807) is 19.1 Å². The molecule has 0 heterocycles. The smallest absolute Gasteiger partial charge is 0.313 e. The Hall–Kier alpha value is -1.83. The van der Waals surface area contributed by atoms with Crippen LogP contribution in [-0.4, -0.2) is 12.6 Å². The van der Waals surface area contributed by atoms with Gasteiger partial charge in [0.2, 0.25) is 0 Å². The van der Waals surface area contributed by atoms with Crippen LogP contribution in [0.3, 0.4) is 0 Å². The van der Waals surface area contributed by atoms with Gasteiger partial charge in [0.1, 0.15) is 0 Å². The van der Waals surface area contributed by atoms with Crippen LogP contribution < -0.4 is 0 Å². The second-order valence-corrected chi connectivity index (χ2v) is 3.75. The third-order valence-electron chi connectivity index (χ3n) is 2.66. The Morgan fingerprint density at radius 3 is 2.82 bits per heavy atom. The Kier molecular flexibility index (Phi) is 2.44. The highest BCUT2D eigenvalue weighted by Gasteiger charge is 2.18. The lowest BCUT2D eigenvalue weighted by Gasteiger charge is -2.13. The highest BCUT2D eigenvalue weighted by Crippen LogP contribution is 2.26. The maximum absolute atomic E-state index is 12.1. The van der Waals surface area contributed by atoms with Gasteiger partial charge in [0.25, 0.3) is 0 Å². The molecule has 1 atom stereocenters. The average molecular weight is 231 g/mol. The lowest BCUT2D eigenvalue weighted by molar-refractivity contribution is -0.144. The van der Waals surface area contributed by atoms with Crippen molar-refractivity contribution in [3.8, 4) is 0 Å². The predicted octanol–water partition coefficient (Wildman–Crippen LogP) is 3.51. The first kappa shape index (κ1) is 8.29. The third-order valence-corrected chi connectivity index (χ3v) is 2.66. The van der Waals surface area contributed by atoms with Gasteiger partial charge in [-0.2, -0.15) is 0 Å². The topological polar surface area (TPSA) is 26.3 Å². The summed E-state index contributed by atoms with van der Waals surface area (Å²) in [5.74, 6) is -1.96. The highest BCUT2D eigenvalue weighted by molar-refractivity contribution is 5.90. The van der Waals surface area contributed by atoms with Crippen molar-refractivity contribution >= 4 is 16.7 Å². The number of benzene rings is 2. The molecule has 0 aliphatic rings. The number of rotatable bonds is 3. The quantitative estimate of drug-likeness (QED) is 0.756. The SMILES string of the molecule is [2H]C([2H])([2H])C(C(=O)OCC)c1cccc2ccccc12. The molecule has 2 heteroatoms. The molecule has 17 heavy (non-hydrogen) atoms. The van der Waals surface area contributed by atoms with E-state index in [-0.39, 0.29) is 6.61 Å². The van der Waals surface area contributed by atoms with E-state index in [4.69, 9.17) is 8.85 Å². The van der Waals surface area contributed by atoms with Crippen molar-refractivity contribution in [2.75, 3.05) is 6.61 Å². The van der Waals surface area contributed by atoms with Gasteiger partial charge in [-0.05, 0) is 30.1 Å². The van der Waals surface area contributed by atoms with Crippen LogP contribution in [0.25, 0.3) is 10.8 Å². The molecule has 0 aromatic heterocycles. The maximum Gasteiger partial charge on any atom is 0.313 e. The second-order valence-electron chi connectivity index (χ2n) is 3.75. The Bertz CT molecular complexity index is 615. The third kappa shape index (κ3) is 2.31. The Morgan fingerprint density at radius 2 is 2.06 bits per heavy atom. The molecule has 0 aliphatic heterocycles. The molecule has 0 fully saturated rings. The summed E-state index contributed by atoms with van der Waals surface area (Å²) in [5.41, 5.74) is 0.488. The van der Waals surface area contributed by atoms with E-state index in [0.717, 1.165) is 10.8 Å². The van der Waals surface area contributed by atoms with Crippen molar-refractivity contribution in [2.24, 2.45) is 0 Å². The molecular weight excluding hydrogens is 212 g/mol. The zero-order chi connectivity index (χ0) is 14.8. The molecule has 2 aromatic carbocycles. The van der Waals surface area contributed by atoms with E-state index in [1.165, 1.54) is 0 Å². The molecule has 0 saturated heterocycles. The molecule has 2 nitrogen and oxygen atoms in total. The molecule has 1 unspecified atom stereocenters. The van der Waals surface area contributed by atoms with E-state index in [0.29, 0.717) is 5.56 Å². The number of hydrogen-bond acceptors (Lipinski definition) is 2. The summed E-state index contributed by atoms with van der Waals surface area (Å²) in [4.78, 5) is 12.1. The van der Waals surface area contributed by atoms with Gasteiger partial charge in [0.05, 0.1) is 12.5 Å². The van der Waals surface area contributed by atoms with Crippen molar-refractivity contribution in [2.45, 2.75) is 19.7 Å². The number of fused-ring (bicyclic) bond motifs is 1. The maximum atomic E-state index is 12.1. The van der Waals surface area contributed by atoms with Crippen LogP contribution >= 0.6 is 0 Å². The van der Waals surface area contributed by atoms with E-state index in [2.05, 4.69) is 0 Å². The molecule has 0 aliphatic carbocycles. The van der Waals surface area contributed by atoms with Crippen molar-refractivity contribution < 1.29 is 13.6 Å². The average Bonchev–Trinajstić information content (AvgIpc) is 2.38. The molecular formula is C15H16O2. The molecule has 2 rings (SSSR count). The van der Waals surface area contributed by atoms with Gasteiger partial charge in [-0.3, -0.25) is 4.79 Å². The molecule has 0 bridgehead atoms. The van der Waals surface area contributed by atoms with Crippen molar-refractivity contribution in [3.63, 3.8) is 0 Å². The minimum atomic E-state index is -2.43. The molecule has 0 spiro atoms. The van der Waals surface area contributed by atoms with Gasteiger partial charge in [-0.25, -0.2) is 0 Å².